The van der Waals surface area contributed by atoms with Crippen molar-refractivity contribution < 1.29 is 4.42 Å². The van der Waals surface area contributed by atoms with Gasteiger partial charge in [0, 0.05) is 19.2 Å². The topological polar surface area (TPSA) is 38.9 Å². The number of aryl methyl sites for hydroxylation is 1. The van der Waals surface area contributed by atoms with Crippen molar-refractivity contribution in [3.63, 3.8) is 0 Å². The standard InChI is InChI=1S/C7H5ClN2O.C2H6/c1-4-10-7-6(11-4)2-5(8)3-9-7;1-2/h2-3H,1H3;1-2H3. The van der Waals surface area contributed by atoms with Gasteiger partial charge in [0.1, 0.15) is 0 Å². The van der Waals surface area contributed by atoms with E-state index in [0.29, 0.717) is 22.1 Å². The van der Waals surface area contributed by atoms with Gasteiger partial charge in [0.05, 0.1) is 5.02 Å². The zero-order chi connectivity index (χ0) is 9.84. The number of hydrogen-bond donors (Lipinski definition) is 0. The second-order valence-electron chi connectivity index (χ2n) is 2.21. The Morgan fingerprint density at radius 2 is 2.08 bits per heavy atom. The minimum Gasteiger partial charge on any atom is -0.439 e. The van der Waals surface area contributed by atoms with Crippen LogP contribution >= 0.6 is 11.6 Å². The first-order valence-corrected chi connectivity index (χ1v) is 4.52. The molecule has 0 fully saturated rings. The van der Waals surface area contributed by atoms with Gasteiger partial charge in [-0.15, -0.1) is 0 Å². The van der Waals surface area contributed by atoms with Crippen LogP contribution in [0.25, 0.3) is 11.2 Å². The SMILES string of the molecule is CC.Cc1nc2ncc(Cl)cc2o1. The second-order valence-corrected chi connectivity index (χ2v) is 2.64. The molecule has 70 valence electrons. The predicted molar refractivity (Wildman–Crippen MR) is 52.9 cm³/mol. The van der Waals surface area contributed by atoms with E-state index in [1.807, 2.05) is 13.8 Å². The Morgan fingerprint density at radius 3 is 2.77 bits per heavy atom. The van der Waals surface area contributed by atoms with Gasteiger partial charge < -0.3 is 4.42 Å². The zero-order valence-corrected chi connectivity index (χ0v) is 8.59. The molecule has 0 atom stereocenters. The summed E-state index contributed by atoms with van der Waals surface area (Å²) in [5.41, 5.74) is 1.24. The summed E-state index contributed by atoms with van der Waals surface area (Å²) in [6.07, 6.45) is 1.55. The summed E-state index contributed by atoms with van der Waals surface area (Å²) < 4.78 is 5.19. The van der Waals surface area contributed by atoms with Crippen LogP contribution in [0, 0.1) is 6.92 Å². The van der Waals surface area contributed by atoms with Gasteiger partial charge in [0.15, 0.2) is 17.1 Å². The molecule has 0 aliphatic carbocycles. The molecule has 0 saturated carbocycles. The maximum atomic E-state index is 5.68. The molecule has 0 spiro atoms. The number of halogens is 1. The summed E-state index contributed by atoms with van der Waals surface area (Å²) in [5.74, 6) is 0.606. The van der Waals surface area contributed by atoms with Crippen molar-refractivity contribution in [1.29, 1.82) is 0 Å². The molecule has 4 heteroatoms. The van der Waals surface area contributed by atoms with Crippen molar-refractivity contribution in [2.75, 3.05) is 0 Å². The molecular formula is C9H11ClN2O. The molecule has 2 aromatic heterocycles. The van der Waals surface area contributed by atoms with Crippen LogP contribution in [0.4, 0.5) is 0 Å². The van der Waals surface area contributed by atoms with E-state index < -0.39 is 0 Å². The molecule has 0 radical (unpaired) electrons. The van der Waals surface area contributed by atoms with Crippen molar-refractivity contribution in [3.05, 3.63) is 23.2 Å². The Balaban J connectivity index is 0.000000396. The number of fused-ring (bicyclic) bond motifs is 1. The van der Waals surface area contributed by atoms with Crippen LogP contribution in [0.1, 0.15) is 19.7 Å². The minimum atomic E-state index is 0.564. The molecule has 0 N–H and O–H groups in total. The Morgan fingerprint density at radius 1 is 1.38 bits per heavy atom. The fourth-order valence-electron chi connectivity index (χ4n) is 0.904. The zero-order valence-electron chi connectivity index (χ0n) is 7.84. The molecular weight excluding hydrogens is 188 g/mol. The molecule has 3 nitrogen and oxygen atoms in total. The summed E-state index contributed by atoms with van der Waals surface area (Å²) in [6, 6.07) is 1.70. The van der Waals surface area contributed by atoms with Gasteiger partial charge in [-0.2, -0.15) is 4.98 Å². The first kappa shape index (κ1) is 9.99. The van der Waals surface area contributed by atoms with Gasteiger partial charge in [0.25, 0.3) is 0 Å². The Labute approximate surface area is 81.8 Å². The van der Waals surface area contributed by atoms with Gasteiger partial charge in [-0.25, -0.2) is 4.98 Å². The fraction of sp³-hybridized carbons (Fsp3) is 0.333. The van der Waals surface area contributed by atoms with E-state index in [1.165, 1.54) is 0 Å². The summed E-state index contributed by atoms with van der Waals surface area (Å²) in [6.45, 7) is 5.77. The average Bonchev–Trinajstić information content (AvgIpc) is 2.48. The number of rotatable bonds is 0. The normalized spacial score (nSPS) is 9.54. The monoisotopic (exact) mass is 198 g/mol. The quantitative estimate of drug-likeness (QED) is 0.653. The van der Waals surface area contributed by atoms with Gasteiger partial charge in [-0.05, 0) is 0 Å². The van der Waals surface area contributed by atoms with E-state index in [9.17, 15) is 0 Å². The largest absolute Gasteiger partial charge is 0.439 e. The number of aromatic nitrogens is 2. The number of nitrogens with zero attached hydrogens (tertiary/aromatic N) is 2. The lowest BCUT2D eigenvalue weighted by Gasteiger charge is -1.85. The van der Waals surface area contributed by atoms with E-state index in [4.69, 9.17) is 16.0 Å². The van der Waals surface area contributed by atoms with Gasteiger partial charge in [-0.3, -0.25) is 0 Å². The minimum absolute atomic E-state index is 0.564. The first-order valence-electron chi connectivity index (χ1n) is 4.14. The molecule has 2 aromatic rings. The van der Waals surface area contributed by atoms with Crippen LogP contribution in [-0.2, 0) is 0 Å². The van der Waals surface area contributed by atoms with Crippen LogP contribution in [0.3, 0.4) is 0 Å². The first-order chi connectivity index (χ1) is 6.25. The van der Waals surface area contributed by atoms with Gasteiger partial charge in [-0.1, -0.05) is 25.4 Å². The highest BCUT2D eigenvalue weighted by atomic mass is 35.5. The van der Waals surface area contributed by atoms with E-state index in [0.717, 1.165) is 0 Å². The Kier molecular flexibility index (Phi) is 3.25. The molecule has 2 heterocycles. The highest BCUT2D eigenvalue weighted by Crippen LogP contribution is 2.16. The van der Waals surface area contributed by atoms with Crippen molar-refractivity contribution in [1.82, 2.24) is 9.97 Å². The predicted octanol–water partition coefficient (Wildman–Crippen LogP) is 3.21. The lowest BCUT2D eigenvalue weighted by atomic mass is 10.5. The van der Waals surface area contributed by atoms with Crippen molar-refractivity contribution in [2.45, 2.75) is 20.8 Å². The third kappa shape index (κ3) is 2.18. The molecule has 13 heavy (non-hydrogen) atoms. The molecule has 0 unspecified atom stereocenters. The summed E-state index contributed by atoms with van der Waals surface area (Å²) in [7, 11) is 0. The van der Waals surface area contributed by atoms with Gasteiger partial charge in [0.2, 0.25) is 0 Å². The summed E-state index contributed by atoms with van der Waals surface area (Å²) in [5, 5.41) is 0.564. The number of hydrogen-bond acceptors (Lipinski definition) is 3. The van der Waals surface area contributed by atoms with Crippen LogP contribution in [-0.4, -0.2) is 9.97 Å². The van der Waals surface area contributed by atoms with Crippen molar-refractivity contribution in [3.8, 4) is 0 Å². The number of pyridine rings is 1. The molecule has 0 aromatic carbocycles. The van der Waals surface area contributed by atoms with Crippen molar-refractivity contribution >= 4 is 22.8 Å². The van der Waals surface area contributed by atoms with E-state index in [2.05, 4.69) is 9.97 Å². The van der Waals surface area contributed by atoms with Crippen molar-refractivity contribution in [2.24, 2.45) is 0 Å². The molecule has 2 rings (SSSR count). The smallest absolute Gasteiger partial charge is 0.198 e. The van der Waals surface area contributed by atoms with Crippen LogP contribution in [0.2, 0.25) is 5.02 Å². The fourth-order valence-corrected chi connectivity index (χ4v) is 1.05. The Bertz CT molecular complexity index is 397. The average molecular weight is 199 g/mol. The lowest BCUT2D eigenvalue weighted by molar-refractivity contribution is 0.561. The van der Waals surface area contributed by atoms with Crippen LogP contribution < -0.4 is 0 Å². The summed E-state index contributed by atoms with van der Waals surface area (Å²) in [4.78, 5) is 7.98. The maximum absolute atomic E-state index is 5.68. The maximum Gasteiger partial charge on any atom is 0.198 e. The third-order valence-corrected chi connectivity index (χ3v) is 1.53. The Hall–Kier alpha value is -1.09. The van der Waals surface area contributed by atoms with E-state index >= 15 is 0 Å². The van der Waals surface area contributed by atoms with Crippen LogP contribution in [0.5, 0.6) is 0 Å². The molecule has 0 amide bonds. The lowest BCUT2D eigenvalue weighted by Crippen LogP contribution is -1.74. The van der Waals surface area contributed by atoms with Gasteiger partial charge >= 0.3 is 0 Å². The molecule has 0 aliphatic heterocycles. The van der Waals surface area contributed by atoms with E-state index in [1.54, 1.807) is 19.2 Å². The third-order valence-electron chi connectivity index (χ3n) is 1.32. The summed E-state index contributed by atoms with van der Waals surface area (Å²) >= 11 is 5.68. The van der Waals surface area contributed by atoms with Crippen LogP contribution in [0.15, 0.2) is 16.7 Å². The highest BCUT2D eigenvalue weighted by Gasteiger charge is 2.02. The molecule has 0 bridgehead atoms. The van der Waals surface area contributed by atoms with E-state index in [-0.39, 0.29) is 0 Å². The highest BCUT2D eigenvalue weighted by molar-refractivity contribution is 6.30. The number of oxazole rings is 1. The molecule has 0 saturated heterocycles. The molecule has 0 aliphatic rings. The second kappa shape index (κ2) is 4.23.